The Balaban J connectivity index is 1.59. The molecular weight excluding hydrogens is 202 g/mol. The van der Waals surface area contributed by atoms with Crippen LogP contribution in [0.3, 0.4) is 0 Å². The molecule has 90 valence electrons. The van der Waals surface area contributed by atoms with Crippen molar-refractivity contribution in [1.82, 2.24) is 4.57 Å². The maximum absolute atomic E-state index is 5.35. The van der Waals surface area contributed by atoms with E-state index in [9.17, 15) is 0 Å². The maximum Gasteiger partial charge on any atom is 0.127 e. The molecule has 0 spiro atoms. The van der Waals surface area contributed by atoms with Gasteiger partial charge in [0.15, 0.2) is 0 Å². The molecule has 4 heteroatoms. The zero-order chi connectivity index (χ0) is 11.2. The fourth-order valence-electron chi connectivity index (χ4n) is 2.17. The van der Waals surface area contributed by atoms with Gasteiger partial charge in [0.05, 0.1) is 18.9 Å². The van der Waals surface area contributed by atoms with E-state index in [4.69, 9.17) is 4.74 Å². The van der Waals surface area contributed by atoms with Gasteiger partial charge >= 0.3 is 0 Å². The molecule has 16 heavy (non-hydrogen) atoms. The first-order valence-electron chi connectivity index (χ1n) is 6.19. The predicted molar refractivity (Wildman–Crippen MR) is 62.3 cm³/mol. The number of nitrogens with zero attached hydrogens (tertiary/aromatic N) is 1. The average molecular weight is 225 g/mol. The van der Waals surface area contributed by atoms with Crippen LogP contribution in [0.15, 0.2) is 18.3 Å². The monoisotopic (exact) mass is 225 g/mol. The minimum absolute atomic E-state index is 0.938. The van der Waals surface area contributed by atoms with E-state index in [2.05, 4.69) is 35.3 Å². The van der Waals surface area contributed by atoms with Gasteiger partial charge in [-0.3, -0.25) is 0 Å². The van der Waals surface area contributed by atoms with Crippen molar-refractivity contribution in [2.45, 2.75) is 6.54 Å². The van der Waals surface area contributed by atoms with Crippen molar-refractivity contribution >= 4 is 0 Å². The maximum atomic E-state index is 5.35. The van der Waals surface area contributed by atoms with Crippen LogP contribution >= 0.6 is 0 Å². The van der Waals surface area contributed by atoms with E-state index >= 15 is 0 Å². The summed E-state index contributed by atoms with van der Waals surface area (Å²) >= 11 is 0. The average Bonchev–Trinajstić information content (AvgIpc) is 2.72. The summed E-state index contributed by atoms with van der Waals surface area (Å²) in [6.07, 6.45) is 2.11. The lowest BCUT2D eigenvalue weighted by atomic mass is 10.4. The first kappa shape index (κ1) is 11.6. The lowest BCUT2D eigenvalue weighted by molar-refractivity contribution is -0.920. The van der Waals surface area contributed by atoms with Crippen LogP contribution < -0.4 is 10.2 Å². The molecule has 0 saturated carbocycles. The summed E-state index contributed by atoms with van der Waals surface area (Å²) in [5, 5.41) is 2.40. The predicted octanol–water partition coefficient (Wildman–Crippen LogP) is -2.00. The molecule has 0 atom stereocenters. The molecule has 2 rings (SSSR count). The molecule has 0 aliphatic carbocycles. The number of quaternary nitrogens is 2. The van der Waals surface area contributed by atoms with Crippen LogP contribution in [-0.4, -0.2) is 44.0 Å². The quantitative estimate of drug-likeness (QED) is 0.559. The number of hydrogen-bond donors (Lipinski definition) is 2. The Bertz CT molecular complexity index is 305. The van der Waals surface area contributed by atoms with Gasteiger partial charge in [-0.2, -0.15) is 0 Å². The molecule has 1 aromatic heterocycles. The van der Waals surface area contributed by atoms with Crippen molar-refractivity contribution in [2.75, 3.05) is 39.4 Å². The third kappa shape index (κ3) is 3.33. The highest BCUT2D eigenvalue weighted by Gasteiger charge is 2.13. The van der Waals surface area contributed by atoms with Crippen LogP contribution in [-0.2, 0) is 18.3 Å². The number of aromatic nitrogens is 1. The molecule has 0 aromatic carbocycles. The van der Waals surface area contributed by atoms with Crippen LogP contribution in [0.2, 0.25) is 0 Å². The van der Waals surface area contributed by atoms with Crippen LogP contribution in [0, 0.1) is 0 Å². The second kappa shape index (κ2) is 6.03. The van der Waals surface area contributed by atoms with Crippen LogP contribution in [0.25, 0.3) is 0 Å². The van der Waals surface area contributed by atoms with Crippen LogP contribution in [0.1, 0.15) is 5.69 Å². The van der Waals surface area contributed by atoms with Gasteiger partial charge in [-0.25, -0.2) is 0 Å². The second-order valence-electron chi connectivity index (χ2n) is 4.50. The van der Waals surface area contributed by atoms with Crippen molar-refractivity contribution in [3.8, 4) is 0 Å². The van der Waals surface area contributed by atoms with Gasteiger partial charge in [-0.05, 0) is 12.1 Å². The Morgan fingerprint density at radius 2 is 2.25 bits per heavy atom. The fraction of sp³-hybridized carbons (Fsp3) is 0.667. The molecule has 3 N–H and O–H groups in total. The minimum atomic E-state index is 0.938. The molecule has 1 saturated heterocycles. The number of rotatable bonds is 5. The van der Waals surface area contributed by atoms with Crippen molar-refractivity contribution in [3.63, 3.8) is 0 Å². The summed E-state index contributed by atoms with van der Waals surface area (Å²) in [5.41, 5.74) is 1.40. The van der Waals surface area contributed by atoms with Crippen LogP contribution in [0.5, 0.6) is 0 Å². The van der Waals surface area contributed by atoms with Gasteiger partial charge in [-0.1, -0.05) is 0 Å². The van der Waals surface area contributed by atoms with Gasteiger partial charge < -0.3 is 19.5 Å². The van der Waals surface area contributed by atoms with E-state index in [1.807, 2.05) is 0 Å². The molecule has 1 fully saturated rings. The van der Waals surface area contributed by atoms with Gasteiger partial charge in [-0.15, -0.1) is 0 Å². The molecule has 1 aromatic rings. The Hall–Kier alpha value is -0.840. The smallest absolute Gasteiger partial charge is 0.127 e. The number of aryl methyl sites for hydroxylation is 1. The Morgan fingerprint density at radius 1 is 1.44 bits per heavy atom. The fourth-order valence-corrected chi connectivity index (χ4v) is 2.17. The molecule has 0 radical (unpaired) electrons. The first-order chi connectivity index (χ1) is 7.86. The van der Waals surface area contributed by atoms with Gasteiger partial charge in [0.1, 0.15) is 32.7 Å². The van der Waals surface area contributed by atoms with Crippen molar-refractivity contribution in [1.29, 1.82) is 0 Å². The SMILES string of the molecule is Cn1cccc1C[NH2+]CC[NH+]1CCOCC1. The highest BCUT2D eigenvalue weighted by molar-refractivity contribution is 5.04. The summed E-state index contributed by atoms with van der Waals surface area (Å²) < 4.78 is 7.54. The molecule has 1 aliphatic rings. The summed E-state index contributed by atoms with van der Waals surface area (Å²) in [6.45, 7) is 7.79. The van der Waals surface area contributed by atoms with E-state index in [1.54, 1.807) is 4.90 Å². The van der Waals surface area contributed by atoms with E-state index in [1.165, 1.54) is 31.9 Å². The molecule has 1 aliphatic heterocycles. The number of nitrogens with two attached hydrogens (primary N) is 1. The molecule has 0 bridgehead atoms. The van der Waals surface area contributed by atoms with E-state index < -0.39 is 0 Å². The van der Waals surface area contributed by atoms with E-state index in [0.29, 0.717) is 0 Å². The summed E-state index contributed by atoms with van der Waals surface area (Å²) in [5.74, 6) is 0. The zero-order valence-corrected chi connectivity index (χ0v) is 10.1. The normalized spacial score (nSPS) is 17.8. The van der Waals surface area contributed by atoms with Gasteiger partial charge in [0.25, 0.3) is 0 Å². The summed E-state index contributed by atoms with van der Waals surface area (Å²) in [4.78, 5) is 1.69. The second-order valence-corrected chi connectivity index (χ2v) is 4.50. The molecule has 2 heterocycles. The molecule has 4 nitrogen and oxygen atoms in total. The minimum Gasteiger partial charge on any atom is -0.370 e. The van der Waals surface area contributed by atoms with Crippen LogP contribution in [0.4, 0.5) is 0 Å². The number of ether oxygens (including phenoxy) is 1. The lowest BCUT2D eigenvalue weighted by Gasteiger charge is -2.22. The zero-order valence-electron chi connectivity index (χ0n) is 10.1. The Labute approximate surface area is 97.2 Å². The lowest BCUT2D eigenvalue weighted by Crippen LogP contribution is -3.16. The van der Waals surface area contributed by atoms with E-state index in [-0.39, 0.29) is 0 Å². The Kier molecular flexibility index (Phi) is 4.39. The first-order valence-corrected chi connectivity index (χ1v) is 6.19. The highest BCUT2D eigenvalue weighted by Crippen LogP contribution is 1.95. The number of hydrogen-bond acceptors (Lipinski definition) is 1. The summed E-state index contributed by atoms with van der Waals surface area (Å²) in [6, 6.07) is 4.30. The highest BCUT2D eigenvalue weighted by atomic mass is 16.5. The summed E-state index contributed by atoms with van der Waals surface area (Å²) in [7, 11) is 2.11. The number of morpholine rings is 1. The topological polar surface area (TPSA) is 35.2 Å². The van der Waals surface area contributed by atoms with Crippen molar-refractivity contribution in [3.05, 3.63) is 24.0 Å². The Morgan fingerprint density at radius 3 is 2.94 bits per heavy atom. The molecular formula is C12H23N3O+2. The standard InChI is InChI=1S/C12H21N3O/c1-14-5-2-3-12(14)11-13-4-6-15-7-9-16-10-8-15/h2-3,5,13H,4,6-11H2,1H3/p+2. The molecule has 0 amide bonds. The molecule has 0 unspecified atom stereocenters. The number of nitrogens with one attached hydrogen (secondary N) is 1. The third-order valence-corrected chi connectivity index (χ3v) is 3.31. The van der Waals surface area contributed by atoms with Gasteiger partial charge in [0.2, 0.25) is 0 Å². The van der Waals surface area contributed by atoms with E-state index in [0.717, 1.165) is 19.8 Å². The van der Waals surface area contributed by atoms with Crippen molar-refractivity contribution in [2.24, 2.45) is 7.05 Å². The van der Waals surface area contributed by atoms with Gasteiger partial charge in [0, 0.05) is 13.2 Å². The largest absolute Gasteiger partial charge is 0.370 e. The third-order valence-electron chi connectivity index (χ3n) is 3.31. The van der Waals surface area contributed by atoms with Crippen molar-refractivity contribution < 1.29 is 15.0 Å².